The Balaban J connectivity index is 1.50. The summed E-state index contributed by atoms with van der Waals surface area (Å²) in [5.74, 6) is -0.128. The maximum Gasteiger partial charge on any atom is 0.319 e. The SMILES string of the molecule is O=C(NCC(=O)c1ccc(N2CCOCC2)cc1)Nc1ccccc1. The molecule has 6 nitrogen and oxygen atoms in total. The number of Topliss-reactive ketones (excluding diaryl/α,β-unsaturated/α-hetero) is 1. The molecule has 2 N–H and O–H groups in total. The fourth-order valence-electron chi connectivity index (χ4n) is 2.64. The number of benzene rings is 2. The molecule has 0 spiro atoms. The third-order valence-corrected chi connectivity index (χ3v) is 4.01. The number of ether oxygens (including phenoxy) is 1. The normalized spacial score (nSPS) is 14.0. The Hall–Kier alpha value is -2.86. The van der Waals surface area contributed by atoms with Crippen molar-refractivity contribution >= 4 is 23.2 Å². The standard InChI is InChI=1S/C19H21N3O3/c23-18(14-20-19(24)21-16-4-2-1-3-5-16)15-6-8-17(9-7-15)22-10-12-25-13-11-22/h1-9H,10-14H2,(H2,20,21,24). The van der Waals surface area contributed by atoms with Crippen molar-refractivity contribution in [2.45, 2.75) is 0 Å². The molecule has 0 atom stereocenters. The number of carbonyl (C=O) groups is 2. The molecule has 0 saturated carbocycles. The lowest BCUT2D eigenvalue weighted by molar-refractivity contribution is 0.0993. The Kier molecular flexibility index (Phi) is 5.64. The molecule has 2 aromatic rings. The first-order chi connectivity index (χ1) is 12.2. The van der Waals surface area contributed by atoms with Crippen molar-refractivity contribution in [1.82, 2.24) is 5.32 Å². The number of nitrogens with zero attached hydrogens (tertiary/aromatic N) is 1. The summed E-state index contributed by atoms with van der Waals surface area (Å²) >= 11 is 0. The summed E-state index contributed by atoms with van der Waals surface area (Å²) < 4.78 is 5.34. The van der Waals surface area contributed by atoms with E-state index in [1.807, 2.05) is 30.3 Å². The second kappa shape index (κ2) is 8.30. The number of hydrogen-bond donors (Lipinski definition) is 2. The number of nitrogens with one attached hydrogen (secondary N) is 2. The van der Waals surface area contributed by atoms with Crippen LogP contribution in [0.2, 0.25) is 0 Å². The zero-order valence-electron chi connectivity index (χ0n) is 13.9. The van der Waals surface area contributed by atoms with Gasteiger partial charge in [0.05, 0.1) is 19.8 Å². The number of anilines is 2. The number of urea groups is 1. The van der Waals surface area contributed by atoms with Crippen LogP contribution in [0.15, 0.2) is 54.6 Å². The molecule has 2 aromatic carbocycles. The minimum atomic E-state index is -0.399. The molecular formula is C19H21N3O3. The van der Waals surface area contributed by atoms with E-state index in [-0.39, 0.29) is 12.3 Å². The summed E-state index contributed by atoms with van der Waals surface area (Å²) in [6, 6.07) is 16.2. The quantitative estimate of drug-likeness (QED) is 0.821. The molecule has 0 bridgehead atoms. The van der Waals surface area contributed by atoms with Crippen LogP contribution in [0.1, 0.15) is 10.4 Å². The number of para-hydroxylation sites is 1. The molecular weight excluding hydrogens is 318 g/mol. The highest BCUT2D eigenvalue weighted by Gasteiger charge is 2.13. The first-order valence-corrected chi connectivity index (χ1v) is 8.28. The molecule has 1 fully saturated rings. The summed E-state index contributed by atoms with van der Waals surface area (Å²) in [5, 5.41) is 5.26. The Morgan fingerprint density at radius 3 is 2.32 bits per heavy atom. The van der Waals surface area contributed by atoms with E-state index in [1.165, 1.54) is 0 Å². The molecule has 0 aromatic heterocycles. The number of hydrogen-bond acceptors (Lipinski definition) is 4. The van der Waals surface area contributed by atoms with Crippen LogP contribution in [0, 0.1) is 0 Å². The number of carbonyl (C=O) groups excluding carboxylic acids is 2. The van der Waals surface area contributed by atoms with Crippen LogP contribution < -0.4 is 15.5 Å². The number of morpholine rings is 1. The van der Waals surface area contributed by atoms with Gasteiger partial charge in [0, 0.05) is 30.0 Å². The Labute approximate surface area is 146 Å². The van der Waals surface area contributed by atoms with E-state index >= 15 is 0 Å². The van der Waals surface area contributed by atoms with Gasteiger partial charge in [0.15, 0.2) is 5.78 Å². The predicted molar refractivity (Wildman–Crippen MR) is 97.3 cm³/mol. The third kappa shape index (κ3) is 4.81. The topological polar surface area (TPSA) is 70.7 Å². The Morgan fingerprint density at radius 1 is 0.960 bits per heavy atom. The van der Waals surface area contributed by atoms with Crippen LogP contribution in [0.5, 0.6) is 0 Å². The third-order valence-electron chi connectivity index (χ3n) is 4.01. The number of ketones is 1. The van der Waals surface area contributed by atoms with E-state index in [1.54, 1.807) is 24.3 Å². The summed E-state index contributed by atoms with van der Waals surface area (Å²) in [6.07, 6.45) is 0. The molecule has 1 aliphatic heterocycles. The average molecular weight is 339 g/mol. The van der Waals surface area contributed by atoms with Crippen molar-refractivity contribution in [1.29, 1.82) is 0 Å². The molecule has 0 radical (unpaired) electrons. The predicted octanol–water partition coefficient (Wildman–Crippen LogP) is 2.53. The maximum atomic E-state index is 12.2. The fourth-order valence-corrected chi connectivity index (χ4v) is 2.64. The van der Waals surface area contributed by atoms with Crippen molar-refractivity contribution < 1.29 is 14.3 Å². The summed E-state index contributed by atoms with van der Waals surface area (Å²) in [5.41, 5.74) is 2.34. The van der Waals surface area contributed by atoms with Crippen molar-refractivity contribution in [2.24, 2.45) is 0 Å². The molecule has 1 heterocycles. The van der Waals surface area contributed by atoms with Gasteiger partial charge in [-0.15, -0.1) is 0 Å². The molecule has 3 rings (SSSR count). The molecule has 130 valence electrons. The van der Waals surface area contributed by atoms with Crippen LogP contribution >= 0.6 is 0 Å². The molecule has 1 saturated heterocycles. The minimum absolute atomic E-state index is 0.0461. The van der Waals surface area contributed by atoms with Gasteiger partial charge in [-0.2, -0.15) is 0 Å². The smallest absolute Gasteiger partial charge is 0.319 e. The summed E-state index contributed by atoms with van der Waals surface area (Å²) in [6.45, 7) is 3.11. The molecule has 25 heavy (non-hydrogen) atoms. The van der Waals surface area contributed by atoms with Gasteiger partial charge in [0.1, 0.15) is 0 Å². The second-order valence-corrected chi connectivity index (χ2v) is 5.74. The molecule has 6 heteroatoms. The van der Waals surface area contributed by atoms with E-state index in [0.717, 1.165) is 32.0 Å². The fraction of sp³-hybridized carbons (Fsp3) is 0.263. The first kappa shape index (κ1) is 17.0. The van der Waals surface area contributed by atoms with E-state index in [9.17, 15) is 9.59 Å². The highest BCUT2D eigenvalue weighted by Crippen LogP contribution is 2.16. The van der Waals surface area contributed by atoms with E-state index in [0.29, 0.717) is 11.3 Å². The van der Waals surface area contributed by atoms with Gasteiger partial charge in [-0.3, -0.25) is 4.79 Å². The molecule has 1 aliphatic rings. The maximum absolute atomic E-state index is 12.2. The van der Waals surface area contributed by atoms with E-state index < -0.39 is 6.03 Å². The average Bonchev–Trinajstić information content (AvgIpc) is 2.68. The van der Waals surface area contributed by atoms with Gasteiger partial charge >= 0.3 is 6.03 Å². The molecule has 2 amide bonds. The van der Waals surface area contributed by atoms with Crippen molar-refractivity contribution in [2.75, 3.05) is 43.1 Å². The summed E-state index contributed by atoms with van der Waals surface area (Å²) in [7, 11) is 0. The molecule has 0 unspecified atom stereocenters. The monoisotopic (exact) mass is 339 g/mol. The van der Waals surface area contributed by atoms with E-state index in [4.69, 9.17) is 4.74 Å². The van der Waals surface area contributed by atoms with Crippen molar-refractivity contribution in [3.8, 4) is 0 Å². The lowest BCUT2D eigenvalue weighted by Gasteiger charge is -2.28. The van der Waals surface area contributed by atoms with Crippen LogP contribution in [0.4, 0.5) is 16.2 Å². The zero-order chi connectivity index (χ0) is 17.5. The van der Waals surface area contributed by atoms with Crippen molar-refractivity contribution in [3.05, 3.63) is 60.2 Å². The van der Waals surface area contributed by atoms with Gasteiger partial charge in [-0.05, 0) is 36.4 Å². The zero-order valence-corrected chi connectivity index (χ0v) is 13.9. The minimum Gasteiger partial charge on any atom is -0.378 e. The lowest BCUT2D eigenvalue weighted by Crippen LogP contribution is -2.36. The van der Waals surface area contributed by atoms with Gasteiger partial charge in [0.2, 0.25) is 0 Å². The van der Waals surface area contributed by atoms with E-state index in [2.05, 4.69) is 15.5 Å². The van der Waals surface area contributed by atoms with Gasteiger partial charge in [-0.1, -0.05) is 18.2 Å². The van der Waals surface area contributed by atoms with Crippen LogP contribution in [0.3, 0.4) is 0 Å². The Bertz CT molecular complexity index is 710. The molecule has 0 aliphatic carbocycles. The van der Waals surface area contributed by atoms with Crippen LogP contribution in [-0.2, 0) is 4.74 Å². The highest BCUT2D eigenvalue weighted by molar-refractivity contribution is 6.00. The van der Waals surface area contributed by atoms with Crippen LogP contribution in [0.25, 0.3) is 0 Å². The number of amides is 2. The highest BCUT2D eigenvalue weighted by atomic mass is 16.5. The second-order valence-electron chi connectivity index (χ2n) is 5.74. The van der Waals surface area contributed by atoms with Gasteiger partial charge < -0.3 is 20.3 Å². The summed E-state index contributed by atoms with van der Waals surface area (Å²) in [4.78, 5) is 26.3. The van der Waals surface area contributed by atoms with Crippen LogP contribution in [-0.4, -0.2) is 44.7 Å². The lowest BCUT2D eigenvalue weighted by atomic mass is 10.1. The first-order valence-electron chi connectivity index (χ1n) is 8.28. The van der Waals surface area contributed by atoms with Gasteiger partial charge in [0.25, 0.3) is 0 Å². The largest absolute Gasteiger partial charge is 0.378 e. The number of rotatable bonds is 5. The van der Waals surface area contributed by atoms with Crippen molar-refractivity contribution in [3.63, 3.8) is 0 Å². The van der Waals surface area contributed by atoms with Gasteiger partial charge in [-0.25, -0.2) is 4.79 Å². The Morgan fingerprint density at radius 2 is 1.64 bits per heavy atom.